The topological polar surface area (TPSA) is 72.8 Å². The molecule has 0 saturated carbocycles. The van der Waals surface area contributed by atoms with Gasteiger partial charge in [-0.25, -0.2) is 0 Å². The van der Waals surface area contributed by atoms with Gasteiger partial charge in [-0.1, -0.05) is 0 Å². The number of ketones is 1. The van der Waals surface area contributed by atoms with E-state index in [4.69, 9.17) is 14.2 Å². The van der Waals surface area contributed by atoms with Crippen molar-refractivity contribution in [3.8, 4) is 0 Å². The summed E-state index contributed by atoms with van der Waals surface area (Å²) in [6.45, 7) is 4.72. The average molecular weight is 222 g/mol. The summed E-state index contributed by atoms with van der Waals surface area (Å²) in [6, 6.07) is 0. The lowest BCUT2D eigenvalue weighted by Gasteiger charge is -2.17. The van der Waals surface area contributed by atoms with Crippen LogP contribution in [0.2, 0.25) is 0 Å². The minimum atomic E-state index is -3.62. The van der Waals surface area contributed by atoms with Crippen molar-refractivity contribution in [1.29, 1.82) is 0 Å². The first kappa shape index (κ1) is 13.4. The summed E-state index contributed by atoms with van der Waals surface area (Å²) < 4.78 is 21.6. The van der Waals surface area contributed by atoms with Crippen LogP contribution < -0.4 is 0 Å². The van der Waals surface area contributed by atoms with E-state index in [0.717, 1.165) is 0 Å². The van der Waals surface area contributed by atoms with Crippen LogP contribution in [0, 0.1) is 0 Å². The normalized spacial score (nSPS) is 12.9. The third-order valence-electron chi connectivity index (χ3n) is 1.38. The predicted molar refractivity (Wildman–Crippen MR) is 52.3 cm³/mol. The molecule has 0 aliphatic rings. The molecule has 0 aromatic rings. The molecule has 0 aliphatic heterocycles. The third-order valence-corrected chi connectivity index (χ3v) is 3.59. The SMILES string of the molecule is CCOP(=O)(OCC)/C(=C\O)C(C)=O. The predicted octanol–water partition coefficient (Wildman–Crippen LogP) is 2.24. The standard InChI is InChI=1S/C8H15O5P/c1-4-12-14(11,13-5-2)8(6-9)7(3)10/h6,9H,4-5H2,1-3H3/b8-6-. The summed E-state index contributed by atoms with van der Waals surface area (Å²) in [5.41, 5.74) is 0. The molecule has 0 saturated heterocycles. The fraction of sp³-hybridized carbons (Fsp3) is 0.625. The molecule has 0 unspecified atom stereocenters. The Balaban J connectivity index is 4.97. The van der Waals surface area contributed by atoms with E-state index in [1.54, 1.807) is 13.8 Å². The van der Waals surface area contributed by atoms with Crippen molar-refractivity contribution in [3.63, 3.8) is 0 Å². The second-order valence-electron chi connectivity index (χ2n) is 2.40. The highest BCUT2D eigenvalue weighted by molar-refractivity contribution is 7.60. The lowest BCUT2D eigenvalue weighted by molar-refractivity contribution is -0.113. The van der Waals surface area contributed by atoms with E-state index in [9.17, 15) is 9.36 Å². The molecule has 1 N–H and O–H groups in total. The summed E-state index contributed by atoms with van der Waals surface area (Å²) in [6.07, 6.45) is 0.481. The maximum absolute atomic E-state index is 11.9. The van der Waals surface area contributed by atoms with Gasteiger partial charge in [0.15, 0.2) is 5.78 Å². The quantitative estimate of drug-likeness (QED) is 0.424. The number of hydrogen-bond acceptors (Lipinski definition) is 5. The summed E-state index contributed by atoms with van der Waals surface area (Å²) in [5, 5.41) is 8.45. The van der Waals surface area contributed by atoms with Gasteiger partial charge in [0.25, 0.3) is 0 Å². The van der Waals surface area contributed by atoms with Crippen molar-refractivity contribution in [3.05, 3.63) is 11.6 Å². The molecule has 0 rings (SSSR count). The molecule has 0 spiro atoms. The number of allylic oxidation sites excluding steroid dienone is 1. The fourth-order valence-electron chi connectivity index (χ4n) is 0.871. The lowest BCUT2D eigenvalue weighted by Crippen LogP contribution is -2.05. The molecular formula is C8H15O5P. The largest absolute Gasteiger partial charge is 0.514 e. The Hall–Kier alpha value is -0.640. The minimum Gasteiger partial charge on any atom is -0.514 e. The maximum atomic E-state index is 11.9. The molecule has 5 nitrogen and oxygen atoms in total. The molecule has 82 valence electrons. The highest BCUT2D eigenvalue weighted by Crippen LogP contribution is 2.55. The molecule has 0 aliphatic carbocycles. The van der Waals surface area contributed by atoms with Crippen LogP contribution in [0.1, 0.15) is 20.8 Å². The Labute approximate surface area is 83.3 Å². The summed E-state index contributed by atoms with van der Waals surface area (Å²) in [5.74, 6) is -0.530. The van der Waals surface area contributed by atoms with Crippen molar-refractivity contribution < 1.29 is 23.5 Å². The molecule has 0 fully saturated rings. The van der Waals surface area contributed by atoms with Gasteiger partial charge in [-0.3, -0.25) is 9.36 Å². The van der Waals surface area contributed by atoms with Crippen LogP contribution in [0.5, 0.6) is 0 Å². The van der Waals surface area contributed by atoms with Gasteiger partial charge in [-0.15, -0.1) is 0 Å². The van der Waals surface area contributed by atoms with Gasteiger partial charge in [0.05, 0.1) is 19.5 Å². The van der Waals surface area contributed by atoms with E-state index in [2.05, 4.69) is 0 Å². The number of carbonyl (C=O) groups is 1. The van der Waals surface area contributed by atoms with Crippen LogP contribution in [0.15, 0.2) is 11.6 Å². The summed E-state index contributed by atoms with van der Waals surface area (Å²) in [4.78, 5) is 11.0. The van der Waals surface area contributed by atoms with Gasteiger partial charge in [-0.2, -0.15) is 0 Å². The van der Waals surface area contributed by atoms with Crippen LogP contribution in [0.3, 0.4) is 0 Å². The first-order valence-electron chi connectivity index (χ1n) is 4.26. The van der Waals surface area contributed by atoms with Gasteiger partial charge < -0.3 is 14.2 Å². The van der Waals surface area contributed by atoms with Gasteiger partial charge in [0, 0.05) is 0 Å². The number of aliphatic hydroxyl groups is 1. The fourth-order valence-corrected chi connectivity index (χ4v) is 2.43. The van der Waals surface area contributed by atoms with Crippen molar-refractivity contribution in [2.45, 2.75) is 20.8 Å². The first-order chi connectivity index (χ1) is 6.51. The number of Topliss-reactive ketones (excluding diaryl/α,β-unsaturated/α-hetero) is 1. The van der Waals surface area contributed by atoms with Gasteiger partial charge >= 0.3 is 7.60 Å². The molecule has 6 heteroatoms. The van der Waals surface area contributed by atoms with Gasteiger partial charge in [-0.05, 0) is 20.8 Å². The first-order valence-corrected chi connectivity index (χ1v) is 5.81. The Bertz CT molecular complexity index is 261. The zero-order chi connectivity index (χ0) is 11.2. The molecule has 14 heavy (non-hydrogen) atoms. The van der Waals surface area contributed by atoms with Crippen LogP contribution in [0.4, 0.5) is 0 Å². The molecule has 0 heterocycles. The Morgan fingerprint density at radius 1 is 1.36 bits per heavy atom. The molecule has 0 bridgehead atoms. The summed E-state index contributed by atoms with van der Waals surface area (Å²) in [7, 11) is -3.62. The van der Waals surface area contributed by atoms with Crippen LogP contribution >= 0.6 is 7.60 Å². The zero-order valence-electron chi connectivity index (χ0n) is 8.52. The van der Waals surface area contributed by atoms with Crippen LogP contribution in [0.25, 0.3) is 0 Å². The van der Waals surface area contributed by atoms with Crippen molar-refractivity contribution >= 4 is 13.4 Å². The number of rotatable bonds is 6. The van der Waals surface area contributed by atoms with E-state index in [0.29, 0.717) is 6.26 Å². The Morgan fingerprint density at radius 2 is 1.79 bits per heavy atom. The summed E-state index contributed by atoms with van der Waals surface area (Å²) >= 11 is 0. The lowest BCUT2D eigenvalue weighted by atomic mass is 10.4. The molecule has 0 aromatic heterocycles. The highest BCUT2D eigenvalue weighted by atomic mass is 31.2. The number of aliphatic hydroxyl groups excluding tert-OH is 1. The Kier molecular flexibility index (Phi) is 5.69. The van der Waals surface area contributed by atoms with Gasteiger partial charge in [0.2, 0.25) is 0 Å². The number of hydrogen-bond donors (Lipinski definition) is 1. The molecule has 0 amide bonds. The smallest absolute Gasteiger partial charge is 0.368 e. The van der Waals surface area contributed by atoms with Crippen LogP contribution in [-0.4, -0.2) is 24.1 Å². The van der Waals surface area contributed by atoms with E-state index in [1.165, 1.54) is 6.92 Å². The van der Waals surface area contributed by atoms with E-state index < -0.39 is 13.4 Å². The van der Waals surface area contributed by atoms with Crippen molar-refractivity contribution in [1.82, 2.24) is 0 Å². The monoisotopic (exact) mass is 222 g/mol. The molecule has 0 radical (unpaired) electrons. The van der Waals surface area contributed by atoms with Crippen molar-refractivity contribution in [2.24, 2.45) is 0 Å². The van der Waals surface area contributed by atoms with Gasteiger partial charge in [0.1, 0.15) is 5.31 Å². The highest BCUT2D eigenvalue weighted by Gasteiger charge is 2.33. The maximum Gasteiger partial charge on any atom is 0.368 e. The second kappa shape index (κ2) is 5.96. The van der Waals surface area contributed by atoms with Crippen molar-refractivity contribution in [2.75, 3.05) is 13.2 Å². The zero-order valence-corrected chi connectivity index (χ0v) is 9.41. The third kappa shape index (κ3) is 3.25. The van der Waals surface area contributed by atoms with Crippen LogP contribution in [-0.2, 0) is 18.4 Å². The molecule has 0 atom stereocenters. The van der Waals surface area contributed by atoms with E-state index in [1.807, 2.05) is 0 Å². The number of carbonyl (C=O) groups excluding carboxylic acids is 1. The molecule has 0 aromatic carbocycles. The average Bonchev–Trinajstić information content (AvgIpc) is 2.04. The minimum absolute atomic E-state index is 0.141. The molecular weight excluding hydrogens is 207 g/mol. The van der Waals surface area contributed by atoms with E-state index >= 15 is 0 Å². The second-order valence-corrected chi connectivity index (χ2v) is 4.40. The Morgan fingerprint density at radius 3 is 2.00 bits per heavy atom. The van der Waals surface area contributed by atoms with E-state index in [-0.39, 0.29) is 18.5 Å².